The first-order valence-corrected chi connectivity index (χ1v) is 9.88. The molecule has 7 nitrogen and oxygen atoms in total. The first-order valence-electron chi connectivity index (χ1n) is 9.00. The lowest BCUT2D eigenvalue weighted by Crippen LogP contribution is -2.33. The molecule has 2 N–H and O–H groups in total. The number of phenols is 1. The number of anilines is 2. The quantitative estimate of drug-likeness (QED) is 0.674. The van der Waals surface area contributed by atoms with Gasteiger partial charge in [0.05, 0.1) is 11.4 Å². The van der Waals surface area contributed by atoms with Gasteiger partial charge in [0, 0.05) is 17.4 Å². The van der Waals surface area contributed by atoms with Crippen LogP contribution in [0.25, 0.3) is 11.3 Å². The van der Waals surface area contributed by atoms with Crippen molar-refractivity contribution in [1.82, 2.24) is 4.98 Å². The predicted octanol–water partition coefficient (Wildman–Crippen LogP) is 3.68. The molecule has 0 aliphatic carbocycles. The Kier molecular flexibility index (Phi) is 5.09. The van der Waals surface area contributed by atoms with Gasteiger partial charge in [-0.2, -0.15) is 5.10 Å². The number of aromatic hydroxyl groups is 1. The van der Waals surface area contributed by atoms with Gasteiger partial charge in [-0.05, 0) is 43.3 Å². The van der Waals surface area contributed by atoms with Gasteiger partial charge in [-0.15, -0.1) is 11.3 Å². The number of rotatable bonds is 5. The number of thiazole rings is 1. The molecule has 0 bridgehead atoms. The molecule has 3 aromatic rings. The molecule has 1 amide bonds. The van der Waals surface area contributed by atoms with E-state index in [9.17, 15) is 14.7 Å². The van der Waals surface area contributed by atoms with E-state index >= 15 is 0 Å². The maximum atomic E-state index is 12.7. The van der Waals surface area contributed by atoms with Crippen molar-refractivity contribution in [3.05, 3.63) is 60.0 Å². The van der Waals surface area contributed by atoms with Crippen LogP contribution in [0.3, 0.4) is 0 Å². The van der Waals surface area contributed by atoms with Crippen molar-refractivity contribution in [1.29, 1.82) is 0 Å². The highest BCUT2D eigenvalue weighted by molar-refractivity contribution is 7.14. The molecule has 0 radical (unpaired) electrons. The monoisotopic (exact) mass is 406 g/mol. The number of carbonyl (C=O) groups excluding carboxylic acids is 2. The van der Waals surface area contributed by atoms with Crippen molar-refractivity contribution >= 4 is 39.6 Å². The van der Waals surface area contributed by atoms with Crippen molar-refractivity contribution in [3.63, 3.8) is 0 Å². The molecule has 0 fully saturated rings. The van der Waals surface area contributed by atoms with Crippen LogP contribution in [0.4, 0.5) is 10.8 Å². The minimum atomic E-state index is -0.498. The van der Waals surface area contributed by atoms with Crippen LogP contribution >= 0.6 is 11.3 Å². The van der Waals surface area contributed by atoms with Crippen LogP contribution in [-0.2, 0) is 9.59 Å². The first kappa shape index (κ1) is 18.8. The van der Waals surface area contributed by atoms with E-state index in [2.05, 4.69) is 15.4 Å². The van der Waals surface area contributed by atoms with E-state index in [4.69, 9.17) is 0 Å². The van der Waals surface area contributed by atoms with Gasteiger partial charge < -0.3 is 5.11 Å². The molecule has 1 aliphatic rings. The van der Waals surface area contributed by atoms with Gasteiger partial charge in [0.1, 0.15) is 17.5 Å². The van der Waals surface area contributed by atoms with Crippen molar-refractivity contribution in [2.45, 2.75) is 19.4 Å². The number of nitrogens with one attached hydrogen (secondary N) is 1. The SMILES string of the molecule is CC(=O)[C@@H]1CC(C(=O)Nc2nc(-c3ccc(O)cc3)cs2)=NN1c1ccccc1. The lowest BCUT2D eigenvalue weighted by Gasteiger charge is -2.20. The topological polar surface area (TPSA) is 94.9 Å². The van der Waals surface area contributed by atoms with Crippen LogP contribution in [-0.4, -0.2) is 33.5 Å². The second kappa shape index (κ2) is 7.84. The highest BCUT2D eigenvalue weighted by Gasteiger charge is 2.34. The van der Waals surface area contributed by atoms with Crippen LogP contribution in [0.1, 0.15) is 13.3 Å². The Morgan fingerprint density at radius 2 is 1.86 bits per heavy atom. The third kappa shape index (κ3) is 4.02. The van der Waals surface area contributed by atoms with E-state index in [1.54, 1.807) is 29.3 Å². The summed E-state index contributed by atoms with van der Waals surface area (Å²) >= 11 is 1.30. The first-order chi connectivity index (χ1) is 14.0. The third-order valence-electron chi connectivity index (χ3n) is 4.55. The Labute approximate surface area is 171 Å². The number of para-hydroxylation sites is 1. The van der Waals surface area contributed by atoms with E-state index in [1.807, 2.05) is 35.7 Å². The fraction of sp³-hybridized carbons (Fsp3) is 0.143. The number of carbonyl (C=O) groups is 2. The van der Waals surface area contributed by atoms with Crippen LogP contribution in [0, 0.1) is 0 Å². The fourth-order valence-electron chi connectivity index (χ4n) is 3.05. The molecule has 1 aromatic heterocycles. The molecule has 146 valence electrons. The maximum absolute atomic E-state index is 12.7. The van der Waals surface area contributed by atoms with Gasteiger partial charge in [0.15, 0.2) is 10.9 Å². The second-order valence-corrected chi connectivity index (χ2v) is 7.45. The Morgan fingerprint density at radius 1 is 1.14 bits per heavy atom. The molecule has 0 unspecified atom stereocenters. The number of benzene rings is 2. The lowest BCUT2D eigenvalue weighted by molar-refractivity contribution is -0.118. The smallest absolute Gasteiger partial charge is 0.273 e. The zero-order chi connectivity index (χ0) is 20.4. The van der Waals surface area contributed by atoms with E-state index in [0.29, 0.717) is 10.8 Å². The molecule has 29 heavy (non-hydrogen) atoms. The Balaban J connectivity index is 1.51. The summed E-state index contributed by atoms with van der Waals surface area (Å²) in [7, 11) is 0. The maximum Gasteiger partial charge on any atom is 0.273 e. The summed E-state index contributed by atoms with van der Waals surface area (Å²) in [5, 5.41) is 20.4. The number of nitrogens with zero attached hydrogens (tertiary/aromatic N) is 3. The largest absolute Gasteiger partial charge is 0.508 e. The number of amides is 1. The van der Waals surface area contributed by atoms with Crippen LogP contribution < -0.4 is 10.3 Å². The summed E-state index contributed by atoms with van der Waals surface area (Å²) in [6.07, 6.45) is 0.242. The number of hydrogen-bond acceptors (Lipinski definition) is 7. The summed E-state index contributed by atoms with van der Waals surface area (Å²) in [5.74, 6) is -0.245. The summed E-state index contributed by atoms with van der Waals surface area (Å²) in [6.45, 7) is 1.50. The number of phenolic OH excluding ortho intramolecular Hbond substituents is 1. The fourth-order valence-corrected chi connectivity index (χ4v) is 3.76. The van der Waals surface area contributed by atoms with Crippen molar-refractivity contribution in [2.75, 3.05) is 10.3 Å². The highest BCUT2D eigenvalue weighted by Crippen LogP contribution is 2.28. The van der Waals surface area contributed by atoms with Crippen molar-refractivity contribution in [3.8, 4) is 17.0 Å². The lowest BCUT2D eigenvalue weighted by atomic mass is 10.1. The Morgan fingerprint density at radius 3 is 2.55 bits per heavy atom. The van der Waals surface area contributed by atoms with E-state index in [-0.39, 0.29) is 29.6 Å². The minimum Gasteiger partial charge on any atom is -0.508 e. The van der Waals surface area contributed by atoms with E-state index in [1.165, 1.54) is 18.3 Å². The molecule has 0 saturated heterocycles. The van der Waals surface area contributed by atoms with Crippen molar-refractivity contribution in [2.24, 2.45) is 5.10 Å². The van der Waals surface area contributed by atoms with Crippen molar-refractivity contribution < 1.29 is 14.7 Å². The zero-order valence-electron chi connectivity index (χ0n) is 15.6. The molecular weight excluding hydrogens is 388 g/mol. The molecule has 0 saturated carbocycles. The number of hydrogen-bond donors (Lipinski definition) is 2. The molecule has 4 rings (SSSR count). The normalized spacial score (nSPS) is 15.8. The summed E-state index contributed by atoms with van der Waals surface area (Å²) in [4.78, 5) is 29.2. The number of aromatic nitrogens is 1. The second-order valence-electron chi connectivity index (χ2n) is 6.60. The summed E-state index contributed by atoms with van der Waals surface area (Å²) in [5.41, 5.74) is 2.59. The van der Waals surface area contributed by atoms with Crippen LogP contribution in [0.2, 0.25) is 0 Å². The van der Waals surface area contributed by atoms with Crippen LogP contribution in [0.15, 0.2) is 65.1 Å². The average Bonchev–Trinajstić information content (AvgIpc) is 3.37. The van der Waals surface area contributed by atoms with Gasteiger partial charge in [-0.25, -0.2) is 4.98 Å². The molecule has 2 heterocycles. The summed E-state index contributed by atoms with van der Waals surface area (Å²) in [6, 6.07) is 15.5. The van der Waals surface area contributed by atoms with E-state index < -0.39 is 6.04 Å². The molecular formula is C21H18N4O3S. The Bertz CT molecular complexity index is 1080. The average molecular weight is 406 g/mol. The number of Topliss-reactive ketones (excluding diaryl/α,β-unsaturated/α-hetero) is 1. The number of ketones is 1. The molecule has 1 aliphatic heterocycles. The molecule has 0 spiro atoms. The third-order valence-corrected chi connectivity index (χ3v) is 5.31. The van der Waals surface area contributed by atoms with Gasteiger partial charge in [-0.1, -0.05) is 18.2 Å². The van der Waals surface area contributed by atoms with Gasteiger partial charge in [-0.3, -0.25) is 19.9 Å². The highest BCUT2D eigenvalue weighted by atomic mass is 32.1. The minimum absolute atomic E-state index is 0.0516. The van der Waals surface area contributed by atoms with E-state index in [0.717, 1.165) is 11.3 Å². The zero-order valence-corrected chi connectivity index (χ0v) is 16.4. The molecule has 1 atom stereocenters. The molecule has 2 aromatic carbocycles. The van der Waals surface area contributed by atoms with Gasteiger partial charge in [0.2, 0.25) is 0 Å². The van der Waals surface area contributed by atoms with Gasteiger partial charge in [0.25, 0.3) is 5.91 Å². The standard InChI is InChI=1S/C21H18N4O3S/c1-13(26)19-11-17(24-25(19)15-5-3-2-4-6-15)20(28)23-21-22-18(12-29-21)14-7-9-16(27)10-8-14/h2-10,12,19,27H,11H2,1H3,(H,22,23,28)/t19-/m0/s1. The summed E-state index contributed by atoms with van der Waals surface area (Å²) < 4.78 is 0. The number of hydrazone groups is 1. The molecule has 8 heteroatoms. The van der Waals surface area contributed by atoms with Crippen LogP contribution in [0.5, 0.6) is 5.75 Å². The van der Waals surface area contributed by atoms with Gasteiger partial charge >= 0.3 is 0 Å². The Hall–Kier alpha value is -3.52. The predicted molar refractivity (Wildman–Crippen MR) is 113 cm³/mol.